The van der Waals surface area contributed by atoms with Crippen molar-refractivity contribution in [1.29, 1.82) is 0 Å². The Labute approximate surface area is 94.0 Å². The van der Waals surface area contributed by atoms with Gasteiger partial charge in [-0.3, -0.25) is 4.90 Å². The topological polar surface area (TPSA) is 23.5 Å². The summed E-state index contributed by atoms with van der Waals surface area (Å²) in [6.07, 6.45) is 5.65. The standard InChI is InChI=1S/C13H25NO/c1-4-11(2)10-14-8-6-5-7-13(14)9-12(3)15/h12-13,15H,2,4-10H2,1,3H3. The van der Waals surface area contributed by atoms with Crippen molar-refractivity contribution in [3.63, 3.8) is 0 Å². The van der Waals surface area contributed by atoms with Crippen molar-refractivity contribution in [3.05, 3.63) is 12.2 Å². The zero-order valence-corrected chi connectivity index (χ0v) is 10.2. The van der Waals surface area contributed by atoms with E-state index < -0.39 is 0 Å². The minimum absolute atomic E-state index is 0.175. The molecular formula is C13H25NO. The first-order valence-electron chi connectivity index (χ1n) is 6.22. The zero-order chi connectivity index (χ0) is 11.3. The van der Waals surface area contributed by atoms with Gasteiger partial charge in [0.05, 0.1) is 6.10 Å². The lowest BCUT2D eigenvalue weighted by molar-refractivity contribution is 0.0931. The van der Waals surface area contributed by atoms with Crippen LogP contribution in [0, 0.1) is 0 Å². The quantitative estimate of drug-likeness (QED) is 0.707. The fourth-order valence-corrected chi connectivity index (χ4v) is 2.33. The Hall–Kier alpha value is -0.340. The molecule has 0 aromatic rings. The van der Waals surface area contributed by atoms with E-state index in [0.717, 1.165) is 19.4 Å². The lowest BCUT2D eigenvalue weighted by Gasteiger charge is -2.36. The smallest absolute Gasteiger partial charge is 0.0527 e. The van der Waals surface area contributed by atoms with Gasteiger partial charge in [-0.15, -0.1) is 0 Å². The number of nitrogens with zero attached hydrogens (tertiary/aromatic N) is 1. The number of piperidine rings is 1. The second kappa shape index (κ2) is 6.29. The molecule has 2 unspecified atom stereocenters. The Balaban J connectivity index is 2.45. The van der Waals surface area contributed by atoms with Gasteiger partial charge in [0, 0.05) is 12.6 Å². The molecule has 0 aromatic heterocycles. The van der Waals surface area contributed by atoms with Crippen molar-refractivity contribution in [2.45, 2.75) is 58.1 Å². The molecule has 88 valence electrons. The van der Waals surface area contributed by atoms with Crippen LogP contribution in [0.25, 0.3) is 0 Å². The van der Waals surface area contributed by atoms with Crippen molar-refractivity contribution >= 4 is 0 Å². The molecule has 1 saturated heterocycles. The summed E-state index contributed by atoms with van der Waals surface area (Å²) in [7, 11) is 0. The monoisotopic (exact) mass is 211 g/mol. The average molecular weight is 211 g/mol. The molecule has 0 aliphatic carbocycles. The molecule has 1 N–H and O–H groups in total. The third-order valence-electron chi connectivity index (χ3n) is 3.29. The van der Waals surface area contributed by atoms with E-state index in [-0.39, 0.29) is 6.10 Å². The van der Waals surface area contributed by atoms with E-state index in [1.54, 1.807) is 0 Å². The minimum atomic E-state index is -0.175. The predicted molar refractivity (Wildman–Crippen MR) is 64.9 cm³/mol. The summed E-state index contributed by atoms with van der Waals surface area (Å²) in [5, 5.41) is 9.46. The highest BCUT2D eigenvalue weighted by atomic mass is 16.3. The molecule has 1 aliphatic rings. The first-order valence-corrected chi connectivity index (χ1v) is 6.22. The van der Waals surface area contributed by atoms with Crippen LogP contribution in [0.5, 0.6) is 0 Å². The zero-order valence-electron chi connectivity index (χ0n) is 10.2. The van der Waals surface area contributed by atoms with Gasteiger partial charge in [-0.2, -0.15) is 0 Å². The molecule has 0 bridgehead atoms. The highest BCUT2D eigenvalue weighted by Crippen LogP contribution is 2.22. The Morgan fingerprint density at radius 1 is 1.53 bits per heavy atom. The fraction of sp³-hybridized carbons (Fsp3) is 0.846. The van der Waals surface area contributed by atoms with E-state index in [1.807, 2.05) is 6.92 Å². The maximum absolute atomic E-state index is 9.46. The molecule has 0 saturated carbocycles. The van der Waals surface area contributed by atoms with Crippen LogP contribution in [0.4, 0.5) is 0 Å². The van der Waals surface area contributed by atoms with Crippen molar-refractivity contribution < 1.29 is 5.11 Å². The van der Waals surface area contributed by atoms with Gasteiger partial charge >= 0.3 is 0 Å². The predicted octanol–water partition coefficient (Wildman–Crippen LogP) is 2.58. The van der Waals surface area contributed by atoms with Crippen LogP contribution in [0.3, 0.4) is 0 Å². The number of hydrogen-bond acceptors (Lipinski definition) is 2. The average Bonchev–Trinajstić information content (AvgIpc) is 2.20. The molecule has 15 heavy (non-hydrogen) atoms. The summed E-state index contributed by atoms with van der Waals surface area (Å²) >= 11 is 0. The number of aliphatic hydroxyl groups excluding tert-OH is 1. The fourth-order valence-electron chi connectivity index (χ4n) is 2.33. The molecular weight excluding hydrogens is 186 g/mol. The third-order valence-corrected chi connectivity index (χ3v) is 3.29. The molecule has 1 rings (SSSR count). The number of hydrogen-bond donors (Lipinski definition) is 1. The Morgan fingerprint density at radius 2 is 2.27 bits per heavy atom. The van der Waals surface area contributed by atoms with Crippen LogP contribution in [-0.2, 0) is 0 Å². The Kier molecular flexibility index (Phi) is 5.34. The van der Waals surface area contributed by atoms with Crippen LogP contribution in [0.15, 0.2) is 12.2 Å². The molecule has 0 radical (unpaired) electrons. The molecule has 1 heterocycles. The van der Waals surface area contributed by atoms with Crippen LogP contribution in [-0.4, -0.2) is 35.2 Å². The van der Waals surface area contributed by atoms with Gasteiger partial charge in [-0.05, 0) is 39.2 Å². The van der Waals surface area contributed by atoms with Gasteiger partial charge in [-0.1, -0.05) is 25.5 Å². The molecule has 1 aliphatic heterocycles. The molecule has 0 aromatic carbocycles. The molecule has 1 fully saturated rings. The van der Waals surface area contributed by atoms with Gasteiger partial charge in [0.25, 0.3) is 0 Å². The lowest BCUT2D eigenvalue weighted by atomic mass is 9.96. The first-order chi connectivity index (χ1) is 7.13. The van der Waals surface area contributed by atoms with Gasteiger partial charge < -0.3 is 5.11 Å². The minimum Gasteiger partial charge on any atom is -0.393 e. The molecule has 0 spiro atoms. The van der Waals surface area contributed by atoms with Gasteiger partial charge in [0.15, 0.2) is 0 Å². The SMILES string of the molecule is C=C(CC)CN1CCCCC1CC(C)O. The normalized spacial score (nSPS) is 25.1. The summed E-state index contributed by atoms with van der Waals surface area (Å²) in [6.45, 7) is 10.3. The molecule has 2 atom stereocenters. The van der Waals surface area contributed by atoms with Crippen molar-refractivity contribution in [2.75, 3.05) is 13.1 Å². The highest BCUT2D eigenvalue weighted by molar-refractivity contribution is 4.98. The largest absolute Gasteiger partial charge is 0.393 e. The van der Waals surface area contributed by atoms with Crippen molar-refractivity contribution in [2.24, 2.45) is 0 Å². The summed E-state index contributed by atoms with van der Waals surface area (Å²) in [4.78, 5) is 2.50. The summed E-state index contributed by atoms with van der Waals surface area (Å²) in [6, 6.07) is 0.571. The van der Waals surface area contributed by atoms with Crippen LogP contribution in [0.2, 0.25) is 0 Å². The van der Waals surface area contributed by atoms with Crippen molar-refractivity contribution in [1.82, 2.24) is 4.90 Å². The Morgan fingerprint density at radius 3 is 2.87 bits per heavy atom. The summed E-state index contributed by atoms with van der Waals surface area (Å²) < 4.78 is 0. The van der Waals surface area contributed by atoms with E-state index in [1.165, 1.54) is 31.4 Å². The maximum Gasteiger partial charge on any atom is 0.0527 e. The van der Waals surface area contributed by atoms with Crippen LogP contribution < -0.4 is 0 Å². The lowest BCUT2D eigenvalue weighted by Crippen LogP contribution is -2.42. The second-order valence-electron chi connectivity index (χ2n) is 4.81. The van der Waals surface area contributed by atoms with Crippen LogP contribution in [0.1, 0.15) is 46.0 Å². The van der Waals surface area contributed by atoms with Gasteiger partial charge in [-0.25, -0.2) is 0 Å². The molecule has 2 nitrogen and oxygen atoms in total. The van der Waals surface area contributed by atoms with E-state index in [9.17, 15) is 5.11 Å². The van der Waals surface area contributed by atoms with Gasteiger partial charge in [0.2, 0.25) is 0 Å². The van der Waals surface area contributed by atoms with E-state index in [0.29, 0.717) is 6.04 Å². The van der Waals surface area contributed by atoms with E-state index in [2.05, 4.69) is 18.4 Å². The van der Waals surface area contributed by atoms with Crippen LogP contribution >= 0.6 is 0 Å². The van der Waals surface area contributed by atoms with Crippen molar-refractivity contribution in [3.8, 4) is 0 Å². The summed E-state index contributed by atoms with van der Waals surface area (Å²) in [5.41, 5.74) is 1.31. The maximum atomic E-state index is 9.46. The second-order valence-corrected chi connectivity index (χ2v) is 4.81. The van der Waals surface area contributed by atoms with E-state index >= 15 is 0 Å². The molecule has 0 amide bonds. The number of aliphatic hydroxyl groups is 1. The first kappa shape index (κ1) is 12.7. The Bertz CT molecular complexity index is 201. The number of rotatable bonds is 5. The summed E-state index contributed by atoms with van der Waals surface area (Å²) in [5.74, 6) is 0. The van der Waals surface area contributed by atoms with E-state index in [4.69, 9.17) is 0 Å². The third kappa shape index (κ3) is 4.35. The number of likely N-dealkylation sites (tertiary alicyclic amines) is 1. The molecule has 2 heteroatoms. The highest BCUT2D eigenvalue weighted by Gasteiger charge is 2.23. The van der Waals surface area contributed by atoms with Gasteiger partial charge in [0.1, 0.15) is 0 Å².